The van der Waals surface area contributed by atoms with Crippen molar-refractivity contribution in [2.75, 3.05) is 22.1 Å². The van der Waals surface area contributed by atoms with Gasteiger partial charge in [0.15, 0.2) is 0 Å². The van der Waals surface area contributed by atoms with Gasteiger partial charge in [-0.25, -0.2) is 14.3 Å². The van der Waals surface area contributed by atoms with E-state index in [2.05, 4.69) is 35.3 Å². The minimum Gasteiger partial charge on any atom is -0.368 e. The van der Waals surface area contributed by atoms with Crippen molar-refractivity contribution >= 4 is 52.3 Å². The fourth-order valence-corrected chi connectivity index (χ4v) is 3.29. The topological polar surface area (TPSA) is 136 Å². The van der Waals surface area contributed by atoms with E-state index in [0.29, 0.717) is 23.4 Å². The zero-order chi connectivity index (χ0) is 21.8. The number of amides is 2. The molecule has 0 aliphatic carbocycles. The van der Waals surface area contributed by atoms with Gasteiger partial charge in [-0.2, -0.15) is 15.0 Å². The van der Waals surface area contributed by atoms with Crippen molar-refractivity contribution < 1.29 is 4.79 Å². The Morgan fingerprint density at radius 3 is 2.52 bits per heavy atom. The van der Waals surface area contributed by atoms with Crippen molar-refractivity contribution in [1.29, 1.82) is 0 Å². The van der Waals surface area contributed by atoms with Gasteiger partial charge in [0.1, 0.15) is 5.82 Å². The van der Waals surface area contributed by atoms with Crippen molar-refractivity contribution in [3.63, 3.8) is 0 Å². The van der Waals surface area contributed by atoms with Crippen molar-refractivity contribution in [2.45, 2.75) is 13.8 Å². The molecular formula is C20H21N9OS. The molecular weight excluding hydrogens is 414 g/mol. The van der Waals surface area contributed by atoms with E-state index in [1.54, 1.807) is 23.6 Å². The number of carbonyl (C=O) groups excluding carboxylic acids is 1. The lowest BCUT2D eigenvalue weighted by Crippen LogP contribution is -2.22. The van der Waals surface area contributed by atoms with Crippen LogP contribution in [0.2, 0.25) is 0 Å². The van der Waals surface area contributed by atoms with E-state index in [0.717, 1.165) is 22.5 Å². The highest BCUT2D eigenvalue weighted by Gasteiger charge is 2.16. The number of nitrogens with one attached hydrogen (secondary N) is 3. The second kappa shape index (κ2) is 8.88. The summed E-state index contributed by atoms with van der Waals surface area (Å²) in [5, 5.41) is 6.07. The molecule has 0 aliphatic rings. The summed E-state index contributed by atoms with van der Waals surface area (Å²) in [5.41, 5.74) is 8.91. The molecule has 0 aliphatic heterocycles. The van der Waals surface area contributed by atoms with Crippen LogP contribution < -0.4 is 21.1 Å². The molecule has 2 aromatic carbocycles. The standard InChI is InChI=1S/C20H21N9OS/c1-3-31-28-20(30)25-14-10-8-13(9-11-14)24-19-26-15-6-4-5-7-16(15)29(19)18-23-12(2)22-17(21)27-18/h4-11H,3H2,1-2H3,(H,24,26)(H2,25,28,30)(H2,21,22,23,27). The summed E-state index contributed by atoms with van der Waals surface area (Å²) >= 11 is 1.33. The number of hydrogen-bond donors (Lipinski definition) is 4. The lowest BCUT2D eigenvalue weighted by molar-refractivity contribution is 0.257. The third-order valence-electron chi connectivity index (χ3n) is 4.22. The number of fused-ring (bicyclic) bond motifs is 1. The minimum absolute atomic E-state index is 0.140. The first-order valence-electron chi connectivity index (χ1n) is 9.55. The van der Waals surface area contributed by atoms with Crippen LogP contribution in [0.15, 0.2) is 48.5 Å². The molecule has 5 N–H and O–H groups in total. The van der Waals surface area contributed by atoms with E-state index in [1.807, 2.05) is 43.3 Å². The van der Waals surface area contributed by atoms with E-state index in [4.69, 9.17) is 5.73 Å². The normalized spacial score (nSPS) is 10.8. The number of nitrogens with two attached hydrogens (primary N) is 1. The number of anilines is 4. The van der Waals surface area contributed by atoms with E-state index in [9.17, 15) is 4.79 Å². The van der Waals surface area contributed by atoms with Gasteiger partial charge in [0, 0.05) is 17.1 Å². The number of nitrogen functional groups attached to an aromatic ring is 1. The van der Waals surface area contributed by atoms with E-state index >= 15 is 0 Å². The fraction of sp³-hybridized carbons (Fsp3) is 0.150. The lowest BCUT2D eigenvalue weighted by atomic mass is 10.3. The van der Waals surface area contributed by atoms with Crippen LogP contribution in [0, 0.1) is 6.92 Å². The maximum atomic E-state index is 11.8. The number of urea groups is 1. The predicted molar refractivity (Wildman–Crippen MR) is 124 cm³/mol. The van der Waals surface area contributed by atoms with Gasteiger partial charge in [0.05, 0.1) is 11.0 Å². The van der Waals surface area contributed by atoms with Crippen molar-refractivity contribution in [2.24, 2.45) is 0 Å². The number of aryl methyl sites for hydroxylation is 1. The Morgan fingerprint density at radius 1 is 1.03 bits per heavy atom. The number of aromatic nitrogens is 5. The van der Waals surface area contributed by atoms with Gasteiger partial charge in [-0.15, -0.1) is 0 Å². The molecule has 2 amide bonds. The molecule has 10 nitrogen and oxygen atoms in total. The zero-order valence-corrected chi connectivity index (χ0v) is 17.8. The molecule has 2 heterocycles. The highest BCUT2D eigenvalue weighted by Crippen LogP contribution is 2.26. The SMILES string of the molecule is CCSNC(=O)Nc1ccc(Nc2nc3ccccc3n2-c2nc(C)nc(N)n2)cc1. The second-order valence-electron chi connectivity index (χ2n) is 6.49. The number of carbonyl (C=O) groups is 1. The lowest BCUT2D eigenvalue weighted by Gasteiger charge is -2.11. The molecule has 158 valence electrons. The number of nitrogens with zero attached hydrogens (tertiary/aromatic N) is 5. The van der Waals surface area contributed by atoms with Crippen LogP contribution in [0.3, 0.4) is 0 Å². The number of imidazole rings is 1. The molecule has 0 saturated carbocycles. The van der Waals surface area contributed by atoms with Gasteiger partial charge in [0.25, 0.3) is 0 Å². The molecule has 4 rings (SSSR count). The van der Waals surface area contributed by atoms with E-state index in [-0.39, 0.29) is 12.0 Å². The van der Waals surface area contributed by atoms with Crippen molar-refractivity contribution in [1.82, 2.24) is 29.2 Å². The van der Waals surface area contributed by atoms with Crippen LogP contribution in [-0.4, -0.2) is 36.3 Å². The third kappa shape index (κ3) is 4.67. The Hall–Kier alpha value is -3.86. The minimum atomic E-state index is -0.267. The van der Waals surface area contributed by atoms with Gasteiger partial charge in [-0.1, -0.05) is 19.1 Å². The number of benzene rings is 2. The van der Waals surface area contributed by atoms with Crippen molar-refractivity contribution in [3.8, 4) is 5.95 Å². The first-order chi connectivity index (χ1) is 15.0. The third-order valence-corrected chi connectivity index (χ3v) is 4.84. The predicted octanol–water partition coefficient (Wildman–Crippen LogP) is 3.63. The maximum absolute atomic E-state index is 11.8. The quantitative estimate of drug-likeness (QED) is 0.337. The molecule has 4 aromatic rings. The van der Waals surface area contributed by atoms with Gasteiger partial charge in [-0.05, 0) is 55.3 Å². The molecule has 0 bridgehead atoms. The van der Waals surface area contributed by atoms with Gasteiger partial charge >= 0.3 is 6.03 Å². The van der Waals surface area contributed by atoms with Gasteiger partial charge in [0.2, 0.25) is 17.8 Å². The van der Waals surface area contributed by atoms with Crippen LogP contribution in [0.5, 0.6) is 0 Å². The highest BCUT2D eigenvalue weighted by atomic mass is 32.2. The number of rotatable bonds is 6. The number of para-hydroxylation sites is 2. The van der Waals surface area contributed by atoms with Crippen LogP contribution in [0.1, 0.15) is 12.7 Å². The summed E-state index contributed by atoms with van der Waals surface area (Å²) in [7, 11) is 0. The Morgan fingerprint density at radius 2 is 1.77 bits per heavy atom. The molecule has 0 unspecified atom stereocenters. The fourth-order valence-electron chi connectivity index (χ4n) is 2.96. The monoisotopic (exact) mass is 435 g/mol. The van der Waals surface area contributed by atoms with Gasteiger partial charge < -0.3 is 16.4 Å². The molecule has 0 spiro atoms. The summed E-state index contributed by atoms with van der Waals surface area (Å²) in [4.78, 5) is 29.2. The molecule has 2 aromatic heterocycles. The first-order valence-corrected chi connectivity index (χ1v) is 10.5. The smallest absolute Gasteiger partial charge is 0.329 e. The highest BCUT2D eigenvalue weighted by molar-refractivity contribution is 7.97. The zero-order valence-electron chi connectivity index (χ0n) is 17.0. The summed E-state index contributed by atoms with van der Waals surface area (Å²) in [6.07, 6.45) is 0. The summed E-state index contributed by atoms with van der Waals surface area (Å²) in [5.74, 6) is 2.36. The summed E-state index contributed by atoms with van der Waals surface area (Å²) in [6, 6.07) is 14.7. The van der Waals surface area contributed by atoms with Crippen molar-refractivity contribution in [3.05, 3.63) is 54.4 Å². The average molecular weight is 436 g/mol. The molecule has 31 heavy (non-hydrogen) atoms. The molecule has 0 atom stereocenters. The molecule has 0 fully saturated rings. The Kier molecular flexibility index (Phi) is 5.85. The second-order valence-corrected chi connectivity index (χ2v) is 7.56. The molecule has 0 radical (unpaired) electrons. The molecule has 0 saturated heterocycles. The van der Waals surface area contributed by atoms with E-state index in [1.165, 1.54) is 11.9 Å². The summed E-state index contributed by atoms with van der Waals surface area (Å²) in [6.45, 7) is 3.72. The Balaban J connectivity index is 1.64. The largest absolute Gasteiger partial charge is 0.368 e. The Labute approximate surface area is 182 Å². The number of hydrogen-bond acceptors (Lipinski definition) is 8. The average Bonchev–Trinajstić information content (AvgIpc) is 3.11. The summed E-state index contributed by atoms with van der Waals surface area (Å²) < 4.78 is 4.49. The van der Waals surface area contributed by atoms with E-state index < -0.39 is 0 Å². The maximum Gasteiger partial charge on any atom is 0.329 e. The Bertz CT molecular complexity index is 1200. The van der Waals surface area contributed by atoms with Gasteiger partial charge in [-0.3, -0.25) is 4.72 Å². The van der Waals surface area contributed by atoms with Crippen LogP contribution in [0.4, 0.5) is 28.1 Å². The molecule has 11 heteroatoms. The van der Waals surface area contributed by atoms with Crippen LogP contribution in [0.25, 0.3) is 17.0 Å². The van der Waals surface area contributed by atoms with Crippen LogP contribution >= 0.6 is 11.9 Å². The van der Waals surface area contributed by atoms with Crippen LogP contribution in [-0.2, 0) is 0 Å². The first kappa shape index (κ1) is 20.4.